The zero-order valence-electron chi connectivity index (χ0n) is 16.9. The molecule has 0 radical (unpaired) electrons. The lowest BCUT2D eigenvalue weighted by Crippen LogP contribution is -2.23. The molecule has 0 aromatic heterocycles. The molecule has 0 aliphatic carbocycles. The summed E-state index contributed by atoms with van der Waals surface area (Å²) >= 11 is 0. The van der Waals surface area contributed by atoms with Gasteiger partial charge in [0.1, 0.15) is 5.75 Å². The molecule has 30 heavy (non-hydrogen) atoms. The van der Waals surface area contributed by atoms with Gasteiger partial charge in [-0.2, -0.15) is 0 Å². The van der Waals surface area contributed by atoms with Crippen molar-refractivity contribution in [3.63, 3.8) is 0 Å². The maximum Gasteiger partial charge on any atom is 0.251 e. The van der Waals surface area contributed by atoms with Crippen molar-refractivity contribution in [1.29, 1.82) is 0 Å². The van der Waals surface area contributed by atoms with Gasteiger partial charge in [-0.25, -0.2) is 0 Å². The average molecular weight is 403 g/mol. The Morgan fingerprint density at radius 3 is 2.37 bits per heavy atom. The quantitative estimate of drug-likeness (QED) is 0.503. The van der Waals surface area contributed by atoms with Crippen LogP contribution in [0.25, 0.3) is 0 Å². The number of carbonyl (C=O) groups is 2. The topological polar surface area (TPSA) is 79.5 Å². The molecule has 154 valence electrons. The van der Waals surface area contributed by atoms with Gasteiger partial charge in [-0.3, -0.25) is 9.59 Å². The van der Waals surface area contributed by atoms with E-state index in [2.05, 4.69) is 16.0 Å². The number of carbonyl (C=O) groups excluding carboxylic acids is 2. The summed E-state index contributed by atoms with van der Waals surface area (Å²) in [5, 5.41) is 8.77. The largest absolute Gasteiger partial charge is 0.494 e. The van der Waals surface area contributed by atoms with E-state index in [0.29, 0.717) is 30.2 Å². The van der Waals surface area contributed by atoms with Crippen LogP contribution in [-0.4, -0.2) is 25.0 Å². The molecule has 0 fully saturated rings. The molecule has 0 heterocycles. The van der Waals surface area contributed by atoms with E-state index >= 15 is 0 Å². The monoisotopic (exact) mass is 403 g/mol. The fourth-order valence-corrected chi connectivity index (χ4v) is 2.84. The first-order chi connectivity index (χ1) is 14.6. The Morgan fingerprint density at radius 1 is 0.867 bits per heavy atom. The molecular weight excluding hydrogens is 378 g/mol. The Morgan fingerprint density at radius 2 is 1.63 bits per heavy atom. The van der Waals surface area contributed by atoms with E-state index < -0.39 is 0 Å². The zero-order valence-corrected chi connectivity index (χ0v) is 16.9. The van der Waals surface area contributed by atoms with Crippen molar-refractivity contribution in [2.75, 3.05) is 23.8 Å². The highest BCUT2D eigenvalue weighted by molar-refractivity contribution is 5.95. The third kappa shape index (κ3) is 6.38. The van der Waals surface area contributed by atoms with Gasteiger partial charge in [0.25, 0.3) is 5.91 Å². The number of nitrogens with one attached hydrogen (secondary N) is 3. The molecular formula is C24H25N3O3. The summed E-state index contributed by atoms with van der Waals surface area (Å²) in [6, 6.07) is 24.0. The van der Waals surface area contributed by atoms with Gasteiger partial charge in [0, 0.05) is 29.5 Å². The highest BCUT2D eigenvalue weighted by Crippen LogP contribution is 2.17. The van der Waals surface area contributed by atoms with Crippen molar-refractivity contribution in [1.82, 2.24) is 5.32 Å². The molecule has 0 saturated carbocycles. The van der Waals surface area contributed by atoms with Gasteiger partial charge in [-0.1, -0.05) is 36.4 Å². The lowest BCUT2D eigenvalue weighted by molar-refractivity contribution is -0.114. The lowest BCUT2D eigenvalue weighted by Gasteiger charge is -2.10. The highest BCUT2D eigenvalue weighted by Gasteiger charge is 2.07. The first-order valence-corrected chi connectivity index (χ1v) is 9.83. The van der Waals surface area contributed by atoms with Crippen molar-refractivity contribution in [3.05, 3.63) is 90.0 Å². The fourth-order valence-electron chi connectivity index (χ4n) is 2.84. The van der Waals surface area contributed by atoms with Crippen LogP contribution in [0, 0.1) is 0 Å². The van der Waals surface area contributed by atoms with E-state index in [4.69, 9.17) is 4.74 Å². The SMILES string of the molecule is CCOc1cccc(NC(=O)CNc2ccc(C(=O)NCc3ccccc3)cc2)c1. The summed E-state index contributed by atoms with van der Waals surface area (Å²) in [4.78, 5) is 24.4. The predicted octanol–water partition coefficient (Wildman–Crippen LogP) is 4.07. The fraction of sp³-hybridized carbons (Fsp3) is 0.167. The van der Waals surface area contributed by atoms with Crippen molar-refractivity contribution in [2.45, 2.75) is 13.5 Å². The standard InChI is InChI=1S/C24H25N3O3/c1-2-30-22-10-6-9-21(15-22)27-23(28)17-25-20-13-11-19(12-14-20)24(29)26-16-18-7-4-3-5-8-18/h3-15,25H,2,16-17H2,1H3,(H,26,29)(H,27,28). The molecule has 0 bridgehead atoms. The molecule has 3 aromatic rings. The molecule has 3 aromatic carbocycles. The summed E-state index contributed by atoms with van der Waals surface area (Å²) in [7, 11) is 0. The number of rotatable bonds is 9. The molecule has 0 saturated heterocycles. The Balaban J connectivity index is 1.46. The third-order valence-electron chi connectivity index (χ3n) is 4.32. The van der Waals surface area contributed by atoms with Crippen LogP contribution >= 0.6 is 0 Å². The van der Waals surface area contributed by atoms with Gasteiger partial charge >= 0.3 is 0 Å². The molecule has 6 nitrogen and oxygen atoms in total. The summed E-state index contributed by atoms with van der Waals surface area (Å²) in [6.07, 6.45) is 0. The number of anilines is 2. The number of hydrogen-bond donors (Lipinski definition) is 3. The van der Waals surface area contributed by atoms with E-state index in [9.17, 15) is 9.59 Å². The van der Waals surface area contributed by atoms with Crippen LogP contribution in [0.1, 0.15) is 22.8 Å². The molecule has 3 N–H and O–H groups in total. The van der Waals surface area contributed by atoms with Crippen LogP contribution in [0.2, 0.25) is 0 Å². The number of hydrogen-bond acceptors (Lipinski definition) is 4. The maximum absolute atomic E-state index is 12.3. The first-order valence-electron chi connectivity index (χ1n) is 9.83. The van der Waals surface area contributed by atoms with E-state index in [1.54, 1.807) is 30.3 Å². The Bertz CT molecular complexity index is 973. The van der Waals surface area contributed by atoms with Crippen LogP contribution in [0.5, 0.6) is 5.75 Å². The number of amides is 2. The first kappa shape index (κ1) is 20.9. The van der Waals surface area contributed by atoms with Crippen LogP contribution in [0.4, 0.5) is 11.4 Å². The summed E-state index contributed by atoms with van der Waals surface area (Å²) < 4.78 is 5.43. The second-order valence-corrected chi connectivity index (χ2v) is 6.61. The van der Waals surface area contributed by atoms with Gasteiger partial charge in [-0.05, 0) is 48.9 Å². The zero-order chi connectivity index (χ0) is 21.2. The molecule has 0 spiro atoms. The van der Waals surface area contributed by atoms with Gasteiger partial charge in [0.15, 0.2) is 0 Å². The second kappa shape index (κ2) is 10.7. The molecule has 0 atom stereocenters. The van der Waals surface area contributed by atoms with Gasteiger partial charge in [0.2, 0.25) is 5.91 Å². The summed E-state index contributed by atoms with van der Waals surface area (Å²) in [6.45, 7) is 3.06. The Hall–Kier alpha value is -3.80. The van der Waals surface area contributed by atoms with Crippen molar-refractivity contribution in [3.8, 4) is 5.75 Å². The van der Waals surface area contributed by atoms with Crippen LogP contribution in [-0.2, 0) is 11.3 Å². The molecule has 6 heteroatoms. The maximum atomic E-state index is 12.3. The molecule has 0 unspecified atom stereocenters. The van der Waals surface area contributed by atoms with Crippen molar-refractivity contribution >= 4 is 23.2 Å². The number of ether oxygens (including phenoxy) is 1. The lowest BCUT2D eigenvalue weighted by atomic mass is 10.1. The van der Waals surface area contributed by atoms with E-state index in [1.165, 1.54) is 0 Å². The van der Waals surface area contributed by atoms with E-state index in [1.807, 2.05) is 55.5 Å². The minimum Gasteiger partial charge on any atom is -0.494 e. The molecule has 0 aliphatic heterocycles. The van der Waals surface area contributed by atoms with Crippen molar-refractivity contribution in [2.24, 2.45) is 0 Å². The highest BCUT2D eigenvalue weighted by atomic mass is 16.5. The van der Waals surface area contributed by atoms with Gasteiger partial charge < -0.3 is 20.7 Å². The smallest absolute Gasteiger partial charge is 0.251 e. The average Bonchev–Trinajstić information content (AvgIpc) is 2.77. The minimum absolute atomic E-state index is 0.110. The van der Waals surface area contributed by atoms with Crippen molar-refractivity contribution < 1.29 is 14.3 Å². The Labute approximate surface area is 176 Å². The number of benzene rings is 3. The Kier molecular flexibility index (Phi) is 7.44. The third-order valence-corrected chi connectivity index (χ3v) is 4.32. The van der Waals surface area contributed by atoms with Gasteiger partial charge in [0.05, 0.1) is 13.2 Å². The van der Waals surface area contributed by atoms with Crippen LogP contribution < -0.4 is 20.7 Å². The summed E-state index contributed by atoms with van der Waals surface area (Å²) in [5.41, 5.74) is 3.04. The second-order valence-electron chi connectivity index (χ2n) is 6.61. The van der Waals surface area contributed by atoms with Crippen LogP contribution in [0.3, 0.4) is 0 Å². The molecule has 2 amide bonds. The summed E-state index contributed by atoms with van der Waals surface area (Å²) in [5.74, 6) is 0.398. The molecule has 0 aliphatic rings. The predicted molar refractivity (Wildman–Crippen MR) is 119 cm³/mol. The van der Waals surface area contributed by atoms with E-state index in [0.717, 1.165) is 11.3 Å². The molecule has 3 rings (SSSR count). The minimum atomic E-state index is -0.173. The van der Waals surface area contributed by atoms with Crippen LogP contribution in [0.15, 0.2) is 78.9 Å². The van der Waals surface area contributed by atoms with E-state index in [-0.39, 0.29) is 18.4 Å². The van der Waals surface area contributed by atoms with Gasteiger partial charge in [-0.15, -0.1) is 0 Å². The normalized spacial score (nSPS) is 10.2.